The summed E-state index contributed by atoms with van der Waals surface area (Å²) in [6.07, 6.45) is 6.17. The lowest BCUT2D eigenvalue weighted by atomic mass is 10.1. The quantitative estimate of drug-likeness (QED) is 0.484. The minimum atomic E-state index is -0.141. The number of nitrogens with two attached hydrogens (primary N) is 1. The number of hydrogen-bond donors (Lipinski definition) is 1. The first kappa shape index (κ1) is 13.4. The molecule has 0 amide bonds. The molecule has 0 fully saturated rings. The van der Waals surface area contributed by atoms with Gasteiger partial charge in [0.15, 0.2) is 0 Å². The fraction of sp³-hybridized carbons (Fsp3) is 0.909. The van der Waals surface area contributed by atoms with E-state index in [1.165, 1.54) is 19.3 Å². The van der Waals surface area contributed by atoms with Crippen molar-refractivity contribution in [3.05, 3.63) is 0 Å². The van der Waals surface area contributed by atoms with E-state index in [9.17, 15) is 4.79 Å². The van der Waals surface area contributed by atoms with Gasteiger partial charge in [-0.3, -0.25) is 4.79 Å². The predicted molar refractivity (Wildman–Crippen MR) is 58.0 cm³/mol. The topological polar surface area (TPSA) is 52.3 Å². The van der Waals surface area contributed by atoms with Crippen molar-refractivity contribution in [2.75, 3.05) is 6.54 Å². The second kappa shape index (κ2) is 9.00. The van der Waals surface area contributed by atoms with Gasteiger partial charge in [0.05, 0.1) is 0 Å². The minimum Gasteiger partial charge on any atom is -0.461 e. The average Bonchev–Trinajstić information content (AvgIpc) is 2.17. The molecule has 1 atom stereocenters. The molecule has 3 nitrogen and oxygen atoms in total. The van der Waals surface area contributed by atoms with Crippen LogP contribution in [0.1, 0.15) is 52.4 Å². The van der Waals surface area contributed by atoms with Crippen LogP contribution in [-0.4, -0.2) is 18.6 Å². The molecule has 14 heavy (non-hydrogen) atoms. The molecule has 2 N–H and O–H groups in total. The molecule has 0 aliphatic rings. The maximum absolute atomic E-state index is 11.2. The first-order valence-corrected chi connectivity index (χ1v) is 5.60. The SMILES string of the molecule is CCCCCCCC(=O)OC(C)CN. The summed E-state index contributed by atoms with van der Waals surface area (Å²) < 4.78 is 5.04. The van der Waals surface area contributed by atoms with Gasteiger partial charge in [-0.25, -0.2) is 0 Å². The van der Waals surface area contributed by atoms with E-state index < -0.39 is 0 Å². The molecule has 84 valence electrons. The summed E-state index contributed by atoms with van der Waals surface area (Å²) in [6.45, 7) is 4.40. The first-order chi connectivity index (χ1) is 6.70. The lowest BCUT2D eigenvalue weighted by molar-refractivity contribution is -0.147. The number of esters is 1. The second-order valence-electron chi connectivity index (χ2n) is 3.70. The van der Waals surface area contributed by atoms with Crippen LogP contribution in [0.4, 0.5) is 0 Å². The van der Waals surface area contributed by atoms with Crippen molar-refractivity contribution in [3.8, 4) is 0 Å². The van der Waals surface area contributed by atoms with Gasteiger partial charge in [0.1, 0.15) is 6.10 Å². The number of carbonyl (C=O) groups excluding carboxylic acids is 1. The largest absolute Gasteiger partial charge is 0.461 e. The van der Waals surface area contributed by atoms with E-state index in [0.717, 1.165) is 12.8 Å². The lowest BCUT2D eigenvalue weighted by Crippen LogP contribution is -2.23. The molecule has 0 heterocycles. The third kappa shape index (κ3) is 8.05. The molecule has 1 unspecified atom stereocenters. The summed E-state index contributed by atoms with van der Waals surface area (Å²) in [5, 5.41) is 0. The molecule has 0 spiro atoms. The number of unbranched alkanes of at least 4 members (excludes halogenated alkanes) is 4. The van der Waals surface area contributed by atoms with Gasteiger partial charge in [0, 0.05) is 13.0 Å². The van der Waals surface area contributed by atoms with Crippen molar-refractivity contribution in [2.45, 2.75) is 58.5 Å². The van der Waals surface area contributed by atoms with Gasteiger partial charge in [-0.15, -0.1) is 0 Å². The fourth-order valence-electron chi connectivity index (χ4n) is 1.20. The summed E-state index contributed by atoms with van der Waals surface area (Å²) >= 11 is 0. The van der Waals surface area contributed by atoms with Gasteiger partial charge in [0.25, 0.3) is 0 Å². The molecule has 0 saturated heterocycles. The van der Waals surface area contributed by atoms with Gasteiger partial charge >= 0.3 is 5.97 Å². The van der Waals surface area contributed by atoms with Crippen LogP contribution in [0.3, 0.4) is 0 Å². The van der Waals surface area contributed by atoms with Crippen molar-refractivity contribution in [1.29, 1.82) is 0 Å². The molecule has 0 radical (unpaired) electrons. The van der Waals surface area contributed by atoms with Crippen LogP contribution >= 0.6 is 0 Å². The maximum atomic E-state index is 11.2. The third-order valence-electron chi connectivity index (χ3n) is 2.15. The summed E-state index contributed by atoms with van der Waals surface area (Å²) in [4.78, 5) is 11.2. The average molecular weight is 201 g/mol. The zero-order chi connectivity index (χ0) is 10.8. The van der Waals surface area contributed by atoms with Crippen LogP contribution in [0.25, 0.3) is 0 Å². The number of carbonyl (C=O) groups is 1. The third-order valence-corrected chi connectivity index (χ3v) is 2.15. The van der Waals surface area contributed by atoms with E-state index in [0.29, 0.717) is 13.0 Å². The Morgan fingerprint density at radius 3 is 2.50 bits per heavy atom. The highest BCUT2D eigenvalue weighted by atomic mass is 16.5. The van der Waals surface area contributed by atoms with Crippen LogP contribution < -0.4 is 5.73 Å². The Hall–Kier alpha value is -0.570. The molecule has 0 aliphatic carbocycles. The Balaban J connectivity index is 3.27. The normalized spacial score (nSPS) is 12.5. The van der Waals surface area contributed by atoms with Crippen molar-refractivity contribution in [3.63, 3.8) is 0 Å². The Labute approximate surface area is 87.0 Å². The highest BCUT2D eigenvalue weighted by molar-refractivity contribution is 5.69. The van der Waals surface area contributed by atoms with Gasteiger partial charge in [-0.1, -0.05) is 32.6 Å². The van der Waals surface area contributed by atoms with E-state index in [-0.39, 0.29) is 12.1 Å². The highest BCUT2D eigenvalue weighted by Gasteiger charge is 2.06. The van der Waals surface area contributed by atoms with Crippen molar-refractivity contribution < 1.29 is 9.53 Å². The standard InChI is InChI=1S/C11H23NO2/c1-3-4-5-6-7-8-11(13)14-10(2)9-12/h10H,3-9,12H2,1-2H3. The molecule has 0 rings (SSSR count). The van der Waals surface area contributed by atoms with Gasteiger partial charge < -0.3 is 10.5 Å². The molecular formula is C11H23NO2. The zero-order valence-corrected chi connectivity index (χ0v) is 9.42. The van der Waals surface area contributed by atoms with Gasteiger partial charge in [-0.2, -0.15) is 0 Å². The number of hydrogen-bond acceptors (Lipinski definition) is 3. The molecule has 0 aromatic rings. The molecule has 0 aromatic heterocycles. The van der Waals surface area contributed by atoms with E-state index >= 15 is 0 Å². The Bertz CT molecular complexity index is 148. The van der Waals surface area contributed by atoms with Gasteiger partial charge in [-0.05, 0) is 13.3 Å². The van der Waals surface area contributed by atoms with Crippen molar-refractivity contribution in [2.24, 2.45) is 5.73 Å². The lowest BCUT2D eigenvalue weighted by Gasteiger charge is -2.10. The van der Waals surface area contributed by atoms with E-state index in [1.54, 1.807) is 0 Å². The summed E-state index contributed by atoms with van der Waals surface area (Å²) in [7, 11) is 0. The Morgan fingerprint density at radius 2 is 1.93 bits per heavy atom. The van der Waals surface area contributed by atoms with Crippen LogP contribution in [0.15, 0.2) is 0 Å². The van der Waals surface area contributed by atoms with Gasteiger partial charge in [0.2, 0.25) is 0 Å². The minimum absolute atomic E-state index is 0.112. The Morgan fingerprint density at radius 1 is 1.29 bits per heavy atom. The van der Waals surface area contributed by atoms with Crippen LogP contribution in [-0.2, 0) is 9.53 Å². The maximum Gasteiger partial charge on any atom is 0.306 e. The number of ether oxygens (including phenoxy) is 1. The summed E-state index contributed by atoms with van der Waals surface area (Å²) in [6, 6.07) is 0. The molecule has 3 heteroatoms. The van der Waals surface area contributed by atoms with Crippen molar-refractivity contribution >= 4 is 5.97 Å². The molecule has 0 saturated carbocycles. The first-order valence-electron chi connectivity index (χ1n) is 5.60. The fourth-order valence-corrected chi connectivity index (χ4v) is 1.20. The van der Waals surface area contributed by atoms with E-state index in [1.807, 2.05) is 6.92 Å². The van der Waals surface area contributed by atoms with Crippen molar-refractivity contribution in [1.82, 2.24) is 0 Å². The summed E-state index contributed by atoms with van der Waals surface area (Å²) in [5.74, 6) is -0.112. The monoisotopic (exact) mass is 201 g/mol. The molecule has 0 aromatic carbocycles. The van der Waals surface area contributed by atoms with Crippen LogP contribution in [0.5, 0.6) is 0 Å². The molecule has 0 aliphatic heterocycles. The predicted octanol–water partition coefficient (Wildman–Crippen LogP) is 2.24. The van der Waals surface area contributed by atoms with E-state index in [4.69, 9.17) is 10.5 Å². The Kier molecular flexibility index (Phi) is 8.64. The van der Waals surface area contributed by atoms with Crippen LogP contribution in [0.2, 0.25) is 0 Å². The zero-order valence-electron chi connectivity index (χ0n) is 9.42. The summed E-state index contributed by atoms with van der Waals surface area (Å²) in [5.41, 5.74) is 5.34. The smallest absolute Gasteiger partial charge is 0.306 e. The molecular weight excluding hydrogens is 178 g/mol. The highest BCUT2D eigenvalue weighted by Crippen LogP contribution is 2.06. The number of rotatable bonds is 8. The second-order valence-corrected chi connectivity index (χ2v) is 3.70. The molecule has 0 bridgehead atoms. The van der Waals surface area contributed by atoms with Crippen LogP contribution in [0, 0.1) is 0 Å². The van der Waals surface area contributed by atoms with E-state index in [2.05, 4.69) is 6.92 Å².